The van der Waals surface area contributed by atoms with Crippen molar-refractivity contribution in [3.8, 4) is 0 Å². The summed E-state index contributed by atoms with van der Waals surface area (Å²) in [5.74, 6) is 0.612. The van der Waals surface area contributed by atoms with E-state index in [-0.39, 0.29) is 5.97 Å². The number of hydrogen-bond acceptors (Lipinski definition) is 5. The van der Waals surface area contributed by atoms with Crippen LogP contribution in [-0.4, -0.2) is 23.0 Å². The minimum absolute atomic E-state index is 0.166. The van der Waals surface area contributed by atoms with Gasteiger partial charge in [0.25, 0.3) is 0 Å². The first-order valence-corrected chi connectivity index (χ1v) is 8.92. The molecule has 22 heavy (non-hydrogen) atoms. The average Bonchev–Trinajstić information content (AvgIpc) is 2.90. The Kier molecular flexibility index (Phi) is 4.93. The number of carbonyl (C=O) groups is 1. The van der Waals surface area contributed by atoms with E-state index in [4.69, 9.17) is 11.6 Å². The van der Waals surface area contributed by atoms with Crippen LogP contribution in [0.1, 0.15) is 48.4 Å². The predicted octanol–water partition coefficient (Wildman–Crippen LogP) is 4.11. The quantitative estimate of drug-likeness (QED) is 0.467. The zero-order valence-electron chi connectivity index (χ0n) is 12.7. The van der Waals surface area contributed by atoms with E-state index >= 15 is 0 Å². The summed E-state index contributed by atoms with van der Waals surface area (Å²) >= 11 is 8.17. The lowest BCUT2D eigenvalue weighted by Gasteiger charge is -2.10. The Balaban J connectivity index is 1.74. The normalized spacial score (nSPS) is 14.1. The summed E-state index contributed by atoms with van der Waals surface area (Å²) in [7, 11) is 1.41. The van der Waals surface area contributed by atoms with Crippen molar-refractivity contribution >= 4 is 39.1 Å². The molecule has 2 aromatic rings. The maximum atomic E-state index is 11.1. The summed E-state index contributed by atoms with van der Waals surface area (Å²) in [5, 5.41) is 1.66. The number of carbonyl (C=O) groups excluding carboxylic acids is 1. The SMILES string of the molecule is COC(=O)CCCCc1nc(Cl)c2c3c(sc2n1)CCCC3. The van der Waals surface area contributed by atoms with E-state index in [1.54, 1.807) is 11.3 Å². The van der Waals surface area contributed by atoms with Crippen molar-refractivity contribution in [2.45, 2.75) is 51.4 Å². The Morgan fingerprint density at radius 2 is 2.09 bits per heavy atom. The van der Waals surface area contributed by atoms with E-state index in [2.05, 4.69) is 14.7 Å². The molecular weight excluding hydrogens is 320 g/mol. The zero-order chi connectivity index (χ0) is 15.5. The molecule has 0 unspecified atom stereocenters. The topological polar surface area (TPSA) is 52.1 Å². The molecule has 0 spiro atoms. The lowest BCUT2D eigenvalue weighted by molar-refractivity contribution is -0.140. The number of fused-ring (bicyclic) bond motifs is 3. The van der Waals surface area contributed by atoms with Crippen molar-refractivity contribution in [1.82, 2.24) is 9.97 Å². The number of unbranched alkanes of at least 4 members (excludes halogenated alkanes) is 1. The standard InChI is InChI=1S/C16H19ClN2O2S/c1-21-13(20)9-5-4-8-12-18-15(17)14-10-6-2-3-7-11(10)22-16(14)19-12/h2-9H2,1H3. The number of rotatable bonds is 5. The van der Waals surface area contributed by atoms with Crippen LogP contribution in [0.4, 0.5) is 0 Å². The molecule has 1 aliphatic rings. The minimum Gasteiger partial charge on any atom is -0.469 e. The van der Waals surface area contributed by atoms with Crippen LogP contribution < -0.4 is 0 Å². The fourth-order valence-corrected chi connectivity index (χ4v) is 4.56. The van der Waals surface area contributed by atoms with Gasteiger partial charge in [-0.15, -0.1) is 11.3 Å². The van der Waals surface area contributed by atoms with E-state index in [1.165, 1.54) is 30.4 Å². The van der Waals surface area contributed by atoms with Gasteiger partial charge in [-0.2, -0.15) is 0 Å². The van der Waals surface area contributed by atoms with E-state index in [0.29, 0.717) is 11.6 Å². The van der Waals surface area contributed by atoms with E-state index < -0.39 is 0 Å². The first-order chi connectivity index (χ1) is 10.7. The lowest BCUT2D eigenvalue weighted by atomic mass is 9.97. The minimum atomic E-state index is -0.166. The number of thiophene rings is 1. The maximum Gasteiger partial charge on any atom is 0.305 e. The van der Waals surface area contributed by atoms with Gasteiger partial charge in [0, 0.05) is 17.7 Å². The molecule has 6 heteroatoms. The van der Waals surface area contributed by atoms with Gasteiger partial charge >= 0.3 is 5.97 Å². The molecule has 2 aromatic heterocycles. The van der Waals surface area contributed by atoms with Gasteiger partial charge in [-0.1, -0.05) is 11.6 Å². The Bertz CT molecular complexity index is 699. The largest absolute Gasteiger partial charge is 0.469 e. The van der Waals surface area contributed by atoms with Gasteiger partial charge in [-0.05, 0) is 44.1 Å². The van der Waals surface area contributed by atoms with Crippen LogP contribution in [0.15, 0.2) is 0 Å². The molecule has 4 nitrogen and oxygen atoms in total. The number of halogens is 1. The molecule has 0 atom stereocenters. The van der Waals surface area contributed by atoms with Crippen LogP contribution >= 0.6 is 22.9 Å². The van der Waals surface area contributed by atoms with Crippen molar-refractivity contribution in [1.29, 1.82) is 0 Å². The van der Waals surface area contributed by atoms with Crippen LogP contribution in [0.3, 0.4) is 0 Å². The Labute approximate surface area is 138 Å². The highest BCUT2D eigenvalue weighted by Crippen LogP contribution is 2.38. The monoisotopic (exact) mass is 338 g/mol. The van der Waals surface area contributed by atoms with Crippen molar-refractivity contribution in [2.75, 3.05) is 7.11 Å². The second kappa shape index (κ2) is 6.92. The zero-order valence-corrected chi connectivity index (χ0v) is 14.2. The molecule has 0 saturated heterocycles. The molecule has 0 fully saturated rings. The summed E-state index contributed by atoms with van der Waals surface area (Å²) in [6, 6.07) is 0. The van der Waals surface area contributed by atoms with Crippen molar-refractivity contribution in [2.24, 2.45) is 0 Å². The summed E-state index contributed by atoms with van der Waals surface area (Å²) in [4.78, 5) is 22.7. The van der Waals surface area contributed by atoms with Gasteiger partial charge in [-0.3, -0.25) is 4.79 Å². The third kappa shape index (κ3) is 3.25. The molecule has 1 aliphatic carbocycles. The highest BCUT2D eigenvalue weighted by Gasteiger charge is 2.20. The van der Waals surface area contributed by atoms with E-state index in [0.717, 1.165) is 48.1 Å². The van der Waals surface area contributed by atoms with Gasteiger partial charge in [0.15, 0.2) is 0 Å². The molecule has 0 N–H and O–H groups in total. The second-order valence-electron chi connectivity index (χ2n) is 5.60. The van der Waals surface area contributed by atoms with Crippen LogP contribution in [0.25, 0.3) is 10.2 Å². The summed E-state index contributed by atoms with van der Waals surface area (Å²) in [5.41, 5.74) is 1.37. The van der Waals surface area contributed by atoms with Crippen LogP contribution in [-0.2, 0) is 28.8 Å². The molecule has 0 aromatic carbocycles. The highest BCUT2D eigenvalue weighted by atomic mass is 35.5. The third-order valence-corrected chi connectivity index (χ3v) is 5.53. The fraction of sp³-hybridized carbons (Fsp3) is 0.562. The van der Waals surface area contributed by atoms with Crippen LogP contribution in [0.5, 0.6) is 0 Å². The third-order valence-electron chi connectivity index (χ3n) is 4.08. The number of nitrogens with zero attached hydrogens (tertiary/aromatic N) is 2. The molecule has 3 rings (SSSR count). The first kappa shape index (κ1) is 15.7. The van der Waals surface area contributed by atoms with Crippen molar-refractivity contribution in [3.63, 3.8) is 0 Å². The van der Waals surface area contributed by atoms with Crippen molar-refractivity contribution < 1.29 is 9.53 Å². The molecule has 0 radical (unpaired) electrons. The molecule has 0 amide bonds. The lowest BCUT2D eigenvalue weighted by Crippen LogP contribution is -2.01. The van der Waals surface area contributed by atoms with E-state index in [1.807, 2.05) is 0 Å². The Morgan fingerprint density at radius 1 is 1.27 bits per heavy atom. The number of methoxy groups -OCH3 is 1. The smallest absolute Gasteiger partial charge is 0.305 e. The summed E-state index contributed by atoms with van der Waals surface area (Å²) < 4.78 is 4.64. The fourth-order valence-electron chi connectivity index (χ4n) is 2.92. The molecule has 0 aliphatic heterocycles. The van der Waals surface area contributed by atoms with Gasteiger partial charge in [-0.25, -0.2) is 9.97 Å². The number of hydrogen-bond donors (Lipinski definition) is 0. The van der Waals surface area contributed by atoms with E-state index in [9.17, 15) is 4.79 Å². The summed E-state index contributed by atoms with van der Waals surface area (Å²) in [6.07, 6.45) is 7.55. The van der Waals surface area contributed by atoms with Crippen LogP contribution in [0.2, 0.25) is 5.15 Å². The number of ether oxygens (including phenoxy) is 1. The van der Waals surface area contributed by atoms with Gasteiger partial charge in [0.1, 0.15) is 15.8 Å². The summed E-state index contributed by atoms with van der Waals surface area (Å²) in [6.45, 7) is 0. The Morgan fingerprint density at radius 3 is 2.91 bits per heavy atom. The van der Waals surface area contributed by atoms with Gasteiger partial charge in [0.05, 0.1) is 12.5 Å². The first-order valence-electron chi connectivity index (χ1n) is 7.72. The van der Waals surface area contributed by atoms with Gasteiger partial charge in [0.2, 0.25) is 0 Å². The number of aromatic nitrogens is 2. The number of esters is 1. The average molecular weight is 339 g/mol. The van der Waals surface area contributed by atoms with Crippen molar-refractivity contribution in [3.05, 3.63) is 21.4 Å². The molecule has 0 bridgehead atoms. The molecule has 0 saturated carbocycles. The molecule has 2 heterocycles. The Hall–Kier alpha value is -1.20. The maximum absolute atomic E-state index is 11.1. The van der Waals surface area contributed by atoms with Crippen LogP contribution in [0, 0.1) is 0 Å². The second-order valence-corrected chi connectivity index (χ2v) is 7.05. The number of aryl methyl sites for hydroxylation is 3. The van der Waals surface area contributed by atoms with Gasteiger partial charge < -0.3 is 4.74 Å². The molecular formula is C16H19ClN2O2S. The predicted molar refractivity (Wildman–Crippen MR) is 88.6 cm³/mol. The highest BCUT2D eigenvalue weighted by molar-refractivity contribution is 7.19. The molecule has 118 valence electrons.